The number of hydrogen-bond donors (Lipinski definition) is 0. The van der Waals surface area contributed by atoms with E-state index >= 15 is 0 Å². The van der Waals surface area contributed by atoms with Crippen molar-refractivity contribution in [3.63, 3.8) is 0 Å². The molecule has 16 heavy (non-hydrogen) atoms. The van der Waals surface area contributed by atoms with Crippen LogP contribution in [0.3, 0.4) is 0 Å². The van der Waals surface area contributed by atoms with Gasteiger partial charge in [0.2, 0.25) is 0 Å². The maximum absolute atomic E-state index is 5.02. The smallest absolute Gasteiger partial charge is 0.142 e. The minimum atomic E-state index is 0.163. The summed E-state index contributed by atoms with van der Waals surface area (Å²) in [7, 11) is 3.25. The van der Waals surface area contributed by atoms with Crippen molar-refractivity contribution in [2.75, 3.05) is 6.61 Å². The van der Waals surface area contributed by atoms with Gasteiger partial charge in [0.05, 0.1) is 16.4 Å². The molecule has 1 saturated heterocycles. The molecule has 0 aromatic rings. The van der Waals surface area contributed by atoms with Gasteiger partial charge in [0.1, 0.15) is 6.10 Å². The van der Waals surface area contributed by atoms with Crippen LogP contribution in [0.25, 0.3) is 0 Å². The molecule has 0 bridgehead atoms. The molecule has 2 rings (SSSR count). The average Bonchev–Trinajstić information content (AvgIpc) is 3.12. The molecule has 2 aliphatic heterocycles. The first kappa shape index (κ1) is 11.3. The van der Waals surface area contributed by atoms with Crippen molar-refractivity contribution in [1.29, 1.82) is 0 Å². The summed E-state index contributed by atoms with van der Waals surface area (Å²) in [5, 5.41) is 0. The second-order valence-electron chi connectivity index (χ2n) is 2.94. The third kappa shape index (κ3) is 3.76. The highest BCUT2D eigenvalue weighted by atomic mass is 33.1. The number of allylic oxidation sites excluding steroid dienone is 4. The second kappa shape index (κ2) is 5.78. The van der Waals surface area contributed by atoms with Gasteiger partial charge in [-0.15, -0.1) is 0 Å². The van der Waals surface area contributed by atoms with Crippen LogP contribution in [-0.2, 0) is 4.74 Å². The van der Waals surface area contributed by atoms with E-state index in [4.69, 9.17) is 4.74 Å². The summed E-state index contributed by atoms with van der Waals surface area (Å²) in [5.41, 5.74) is 0. The van der Waals surface area contributed by atoms with E-state index in [1.165, 1.54) is 0 Å². The van der Waals surface area contributed by atoms with Gasteiger partial charge in [-0.1, -0.05) is 17.8 Å². The van der Waals surface area contributed by atoms with E-state index in [2.05, 4.69) is 35.5 Å². The quantitative estimate of drug-likeness (QED) is 0.369. The average molecular weight is 244 g/mol. The molecule has 1 nitrogen and oxygen atoms in total. The lowest BCUT2D eigenvalue weighted by Gasteiger charge is -2.03. The lowest BCUT2D eigenvalue weighted by Crippen LogP contribution is -1.80. The third-order valence-corrected chi connectivity index (χ3v) is 3.92. The Balaban J connectivity index is 1.99. The third-order valence-electron chi connectivity index (χ3n) is 1.67. The molecule has 0 unspecified atom stereocenters. The summed E-state index contributed by atoms with van der Waals surface area (Å²) in [5.74, 6) is 17.3. The summed E-state index contributed by atoms with van der Waals surface area (Å²) in [6, 6.07) is 0. The van der Waals surface area contributed by atoms with Gasteiger partial charge >= 0.3 is 0 Å². The van der Waals surface area contributed by atoms with Gasteiger partial charge < -0.3 is 4.74 Å². The van der Waals surface area contributed by atoms with Gasteiger partial charge in [-0.3, -0.25) is 0 Å². The van der Waals surface area contributed by atoms with Crippen LogP contribution in [0.4, 0.5) is 0 Å². The molecule has 0 aliphatic carbocycles. The highest BCUT2D eigenvalue weighted by Crippen LogP contribution is 2.39. The zero-order valence-corrected chi connectivity index (χ0v) is 10.3. The highest BCUT2D eigenvalue weighted by molar-refractivity contribution is 8.79. The van der Waals surface area contributed by atoms with Crippen LogP contribution in [0, 0.1) is 35.5 Å². The molecular weight excluding hydrogens is 236 g/mol. The first-order valence-corrected chi connectivity index (χ1v) is 6.86. The molecule has 2 heterocycles. The Morgan fingerprint density at radius 3 is 2.44 bits per heavy atom. The lowest BCUT2D eigenvalue weighted by molar-refractivity contribution is 0.445. The molecule has 0 N–H and O–H groups in total. The Kier molecular flexibility index (Phi) is 4.09. The van der Waals surface area contributed by atoms with Crippen molar-refractivity contribution in [3.05, 3.63) is 22.0 Å². The predicted octanol–water partition coefficient (Wildman–Crippen LogP) is 2.58. The monoisotopic (exact) mass is 244 g/mol. The van der Waals surface area contributed by atoms with E-state index in [0.717, 1.165) is 16.4 Å². The molecule has 0 radical (unpaired) electrons. The first-order chi connectivity index (χ1) is 7.88. The minimum Gasteiger partial charge on any atom is -0.359 e. The molecule has 2 aliphatic rings. The minimum absolute atomic E-state index is 0.163. The maximum atomic E-state index is 5.02. The van der Waals surface area contributed by atoms with Crippen molar-refractivity contribution in [3.8, 4) is 35.5 Å². The molecule has 1 atom stereocenters. The van der Waals surface area contributed by atoms with E-state index in [0.29, 0.717) is 0 Å². The van der Waals surface area contributed by atoms with Crippen molar-refractivity contribution in [1.82, 2.24) is 0 Å². The molecule has 0 aromatic carbocycles. The Hall–Kier alpha value is -1.18. The Morgan fingerprint density at radius 1 is 1.19 bits per heavy atom. The van der Waals surface area contributed by atoms with E-state index in [9.17, 15) is 0 Å². The van der Waals surface area contributed by atoms with Crippen molar-refractivity contribution >= 4 is 21.6 Å². The van der Waals surface area contributed by atoms with Gasteiger partial charge in [-0.2, -0.15) is 0 Å². The molecule has 0 spiro atoms. The van der Waals surface area contributed by atoms with Crippen molar-refractivity contribution in [2.24, 2.45) is 0 Å². The van der Waals surface area contributed by atoms with E-state index < -0.39 is 0 Å². The Labute approximate surface area is 103 Å². The summed E-state index contributed by atoms with van der Waals surface area (Å²) in [6.07, 6.45) is 4.12. The standard InChI is InChI=1S/C13H8OS2/c1-2-3-4-5-12-8-9-13(16-15-12)7-6-11-10-14-11/h8-9,11H,10H2,1H3/t11-/m1/s1. The summed E-state index contributed by atoms with van der Waals surface area (Å²) in [4.78, 5) is 2.06. The number of epoxide rings is 1. The molecule has 78 valence electrons. The summed E-state index contributed by atoms with van der Waals surface area (Å²) >= 11 is 0. The number of hydrogen-bond acceptors (Lipinski definition) is 3. The fourth-order valence-corrected chi connectivity index (χ4v) is 2.60. The van der Waals surface area contributed by atoms with E-state index in [1.54, 1.807) is 28.5 Å². The van der Waals surface area contributed by atoms with Crippen LogP contribution < -0.4 is 0 Å². The normalized spacial score (nSPS) is 20.9. The van der Waals surface area contributed by atoms with Gasteiger partial charge in [0.15, 0.2) is 0 Å². The van der Waals surface area contributed by atoms with Gasteiger partial charge in [0.25, 0.3) is 0 Å². The Bertz CT molecular complexity index is 519. The highest BCUT2D eigenvalue weighted by Gasteiger charge is 2.18. The maximum Gasteiger partial charge on any atom is 0.142 e. The van der Waals surface area contributed by atoms with Crippen LogP contribution in [0.5, 0.6) is 0 Å². The zero-order valence-electron chi connectivity index (χ0n) is 8.66. The molecule has 1 fully saturated rings. The predicted molar refractivity (Wildman–Crippen MR) is 70.1 cm³/mol. The first-order valence-electron chi connectivity index (χ1n) is 4.71. The fraction of sp³-hybridized carbons (Fsp3) is 0.231. The van der Waals surface area contributed by atoms with Crippen LogP contribution in [-0.4, -0.2) is 12.7 Å². The molecular formula is C13H8OS2. The molecule has 0 saturated carbocycles. The van der Waals surface area contributed by atoms with Crippen LogP contribution in [0.2, 0.25) is 0 Å². The van der Waals surface area contributed by atoms with E-state index in [-0.39, 0.29) is 6.10 Å². The topological polar surface area (TPSA) is 12.5 Å². The summed E-state index contributed by atoms with van der Waals surface area (Å²) in [6.45, 7) is 2.56. The number of ether oxygens (including phenoxy) is 1. The van der Waals surface area contributed by atoms with Gasteiger partial charge in [0, 0.05) is 0 Å². The molecule has 0 amide bonds. The fourth-order valence-electron chi connectivity index (χ4n) is 0.860. The van der Waals surface area contributed by atoms with Crippen LogP contribution in [0.1, 0.15) is 6.92 Å². The summed E-state index contributed by atoms with van der Waals surface area (Å²) < 4.78 is 5.02. The van der Waals surface area contributed by atoms with Crippen LogP contribution >= 0.6 is 21.6 Å². The van der Waals surface area contributed by atoms with E-state index in [1.807, 2.05) is 12.2 Å². The SMILES string of the molecule is CC#CC#CC1=CC=C(C#C[C@@H]2CO2)SS1. The lowest BCUT2D eigenvalue weighted by atomic mass is 10.4. The number of rotatable bonds is 0. The van der Waals surface area contributed by atoms with Crippen LogP contribution in [0.15, 0.2) is 22.0 Å². The van der Waals surface area contributed by atoms with Crippen molar-refractivity contribution < 1.29 is 4.74 Å². The second-order valence-corrected chi connectivity index (χ2v) is 5.16. The molecule has 0 aromatic heterocycles. The van der Waals surface area contributed by atoms with Crippen molar-refractivity contribution in [2.45, 2.75) is 13.0 Å². The molecule has 3 heteroatoms. The largest absolute Gasteiger partial charge is 0.359 e. The zero-order chi connectivity index (χ0) is 11.2. The Morgan fingerprint density at radius 2 is 1.88 bits per heavy atom. The van der Waals surface area contributed by atoms with Gasteiger partial charge in [-0.25, -0.2) is 0 Å². The van der Waals surface area contributed by atoms with Gasteiger partial charge in [-0.05, 0) is 58.4 Å².